The van der Waals surface area contributed by atoms with Gasteiger partial charge in [-0.25, -0.2) is 0 Å². The van der Waals surface area contributed by atoms with Gasteiger partial charge < -0.3 is 23.7 Å². The lowest BCUT2D eigenvalue weighted by atomic mass is 9.91. The largest absolute Gasteiger partial charge is 0.375 e. The van der Waals surface area contributed by atoms with E-state index in [1.54, 1.807) is 6.08 Å². The van der Waals surface area contributed by atoms with Crippen LogP contribution in [-0.4, -0.2) is 49.9 Å². The highest BCUT2D eigenvalue weighted by Gasteiger charge is 2.69. The summed E-state index contributed by atoms with van der Waals surface area (Å²) < 4.78 is 36.7. The first-order chi connectivity index (χ1) is 12.9. The van der Waals surface area contributed by atoms with Gasteiger partial charge in [0.15, 0.2) is 6.29 Å². The molecule has 4 rings (SSSR count). The van der Waals surface area contributed by atoms with Crippen LogP contribution >= 0.6 is 0 Å². The first-order valence-corrected chi connectivity index (χ1v) is 9.46. The molecule has 3 saturated heterocycles. The fraction of sp³-hybridized carbons (Fsp3) is 0.619. The molecule has 1 aromatic rings. The second kappa shape index (κ2) is 7.28. The van der Waals surface area contributed by atoms with Gasteiger partial charge in [-0.3, -0.25) is 4.74 Å². The SMILES string of the molecule is C=CCOC[C@H]1O[C@@H]2OC3(C(C)(C)C)O[C@@H]2[C@@H](OCc2ccccc2)[C@@H]1O3. The maximum atomic E-state index is 6.36. The van der Waals surface area contributed by atoms with Gasteiger partial charge in [-0.05, 0) is 5.56 Å². The van der Waals surface area contributed by atoms with Crippen molar-refractivity contribution in [1.82, 2.24) is 0 Å². The lowest BCUT2D eigenvalue weighted by Gasteiger charge is -2.48. The molecule has 0 amide bonds. The zero-order valence-corrected chi connectivity index (χ0v) is 16.1. The maximum absolute atomic E-state index is 6.36. The lowest BCUT2D eigenvalue weighted by Crippen LogP contribution is -2.64. The summed E-state index contributed by atoms with van der Waals surface area (Å²) >= 11 is 0. The van der Waals surface area contributed by atoms with E-state index in [-0.39, 0.29) is 29.8 Å². The molecule has 3 aliphatic rings. The lowest BCUT2D eigenvalue weighted by molar-refractivity contribution is -0.430. The Morgan fingerprint density at radius 1 is 1.11 bits per heavy atom. The Labute approximate surface area is 160 Å². The Bertz CT molecular complexity index is 656. The molecule has 6 heteroatoms. The molecule has 3 heterocycles. The highest BCUT2D eigenvalue weighted by atomic mass is 17.0. The summed E-state index contributed by atoms with van der Waals surface area (Å²) in [6.07, 6.45) is -0.0783. The van der Waals surface area contributed by atoms with Crippen molar-refractivity contribution in [3.63, 3.8) is 0 Å². The fourth-order valence-corrected chi connectivity index (χ4v) is 3.72. The molecule has 27 heavy (non-hydrogen) atoms. The van der Waals surface area contributed by atoms with Gasteiger partial charge in [0.25, 0.3) is 5.97 Å². The molecule has 1 aromatic carbocycles. The molecular formula is C21H28O6. The molecular weight excluding hydrogens is 348 g/mol. The number of rotatable bonds is 7. The van der Waals surface area contributed by atoms with Gasteiger partial charge in [0, 0.05) is 5.41 Å². The monoisotopic (exact) mass is 376 g/mol. The summed E-state index contributed by atoms with van der Waals surface area (Å²) in [5.74, 6) is -1.13. The average Bonchev–Trinajstić information content (AvgIpc) is 2.86. The predicted molar refractivity (Wildman–Crippen MR) is 97.7 cm³/mol. The predicted octanol–water partition coefficient (Wildman–Crippen LogP) is 3.01. The van der Waals surface area contributed by atoms with Crippen molar-refractivity contribution in [2.45, 2.75) is 64.1 Å². The minimum Gasteiger partial charge on any atom is -0.375 e. The number of ether oxygens (including phenoxy) is 6. The van der Waals surface area contributed by atoms with Crippen molar-refractivity contribution in [2.24, 2.45) is 5.41 Å². The van der Waals surface area contributed by atoms with Crippen molar-refractivity contribution in [1.29, 1.82) is 0 Å². The number of hydrogen-bond donors (Lipinski definition) is 0. The normalized spacial score (nSPS) is 37.5. The van der Waals surface area contributed by atoms with E-state index in [2.05, 4.69) is 6.58 Å². The standard InChI is InChI=1S/C21H28O6/c1-5-11-22-13-15-16-17(23-12-14-9-7-6-8-10-14)18-19(24-15)27-21(25-16,26-18)20(2,3)4/h5-10,15-19H,1,11-13H2,2-4H3/t15-,16-,17+,18-,19-,21?/m1/s1. The molecule has 0 spiro atoms. The van der Waals surface area contributed by atoms with E-state index >= 15 is 0 Å². The van der Waals surface area contributed by atoms with Crippen LogP contribution in [0, 0.1) is 5.41 Å². The van der Waals surface area contributed by atoms with Crippen LogP contribution in [-0.2, 0) is 35.0 Å². The summed E-state index contributed by atoms with van der Waals surface area (Å²) in [7, 11) is 0. The van der Waals surface area contributed by atoms with E-state index in [0.29, 0.717) is 19.8 Å². The third-order valence-electron chi connectivity index (χ3n) is 5.17. The van der Waals surface area contributed by atoms with Crippen molar-refractivity contribution in [3.05, 3.63) is 48.6 Å². The van der Waals surface area contributed by atoms with Crippen LogP contribution in [0.5, 0.6) is 0 Å². The van der Waals surface area contributed by atoms with Gasteiger partial charge in [-0.2, -0.15) is 0 Å². The van der Waals surface area contributed by atoms with Gasteiger partial charge in [-0.15, -0.1) is 6.58 Å². The van der Waals surface area contributed by atoms with E-state index in [4.69, 9.17) is 28.4 Å². The van der Waals surface area contributed by atoms with E-state index in [0.717, 1.165) is 5.56 Å². The molecule has 3 aliphatic heterocycles. The van der Waals surface area contributed by atoms with Crippen LogP contribution < -0.4 is 0 Å². The first kappa shape index (κ1) is 19.1. The highest BCUT2D eigenvalue weighted by Crippen LogP contribution is 2.53. The Kier molecular flexibility index (Phi) is 5.14. The van der Waals surface area contributed by atoms with Crippen LogP contribution in [0.25, 0.3) is 0 Å². The van der Waals surface area contributed by atoms with Gasteiger partial charge >= 0.3 is 0 Å². The Hall–Kier alpha value is -1.28. The van der Waals surface area contributed by atoms with E-state index in [9.17, 15) is 0 Å². The fourth-order valence-electron chi connectivity index (χ4n) is 3.72. The second-order valence-corrected chi connectivity index (χ2v) is 8.22. The summed E-state index contributed by atoms with van der Waals surface area (Å²) in [5.41, 5.74) is 0.725. The maximum Gasteiger partial charge on any atom is 0.291 e. The van der Waals surface area contributed by atoms with Crippen LogP contribution in [0.2, 0.25) is 0 Å². The van der Waals surface area contributed by atoms with Crippen LogP contribution in [0.4, 0.5) is 0 Å². The molecule has 1 unspecified atom stereocenters. The zero-order chi connectivity index (χ0) is 19.1. The van der Waals surface area contributed by atoms with Gasteiger partial charge in [0.2, 0.25) is 0 Å². The van der Waals surface area contributed by atoms with Gasteiger partial charge in [0.1, 0.15) is 24.4 Å². The Balaban J connectivity index is 1.54. The summed E-state index contributed by atoms with van der Waals surface area (Å²) in [5, 5.41) is 0. The molecule has 0 radical (unpaired) electrons. The molecule has 0 aromatic heterocycles. The van der Waals surface area contributed by atoms with Gasteiger partial charge in [0.05, 0.1) is 19.8 Å². The summed E-state index contributed by atoms with van der Waals surface area (Å²) in [6, 6.07) is 10.1. The summed E-state index contributed by atoms with van der Waals surface area (Å²) in [6.45, 7) is 11.1. The van der Waals surface area contributed by atoms with E-state index in [1.807, 2.05) is 51.1 Å². The molecule has 148 valence electrons. The van der Waals surface area contributed by atoms with Crippen molar-refractivity contribution in [2.75, 3.05) is 13.2 Å². The number of fused-ring (bicyclic) bond motifs is 2. The Morgan fingerprint density at radius 2 is 1.85 bits per heavy atom. The first-order valence-electron chi connectivity index (χ1n) is 9.46. The highest BCUT2D eigenvalue weighted by molar-refractivity contribution is 5.14. The quantitative estimate of drug-likeness (QED) is 0.539. The number of benzene rings is 1. The minimum atomic E-state index is -1.13. The van der Waals surface area contributed by atoms with Gasteiger partial charge in [-0.1, -0.05) is 57.2 Å². The van der Waals surface area contributed by atoms with E-state index < -0.39 is 12.3 Å². The molecule has 0 N–H and O–H groups in total. The van der Waals surface area contributed by atoms with E-state index in [1.165, 1.54) is 0 Å². The van der Waals surface area contributed by atoms with Crippen LogP contribution in [0.3, 0.4) is 0 Å². The average molecular weight is 376 g/mol. The topological polar surface area (TPSA) is 55.4 Å². The smallest absolute Gasteiger partial charge is 0.291 e. The number of hydrogen-bond acceptors (Lipinski definition) is 6. The molecule has 3 bridgehead atoms. The minimum absolute atomic E-state index is 0.292. The van der Waals surface area contributed by atoms with Crippen LogP contribution in [0.15, 0.2) is 43.0 Å². The van der Waals surface area contributed by atoms with Crippen LogP contribution in [0.1, 0.15) is 26.3 Å². The molecule has 6 nitrogen and oxygen atoms in total. The van der Waals surface area contributed by atoms with Crippen molar-refractivity contribution in [3.8, 4) is 0 Å². The molecule has 6 atom stereocenters. The molecule has 3 fully saturated rings. The summed E-state index contributed by atoms with van der Waals surface area (Å²) in [4.78, 5) is 0. The molecule has 0 saturated carbocycles. The zero-order valence-electron chi connectivity index (χ0n) is 16.1. The second-order valence-electron chi connectivity index (χ2n) is 8.22. The van der Waals surface area contributed by atoms with Crippen molar-refractivity contribution < 1.29 is 28.4 Å². The Morgan fingerprint density at radius 3 is 2.56 bits per heavy atom. The third-order valence-corrected chi connectivity index (χ3v) is 5.17. The third kappa shape index (κ3) is 3.46. The van der Waals surface area contributed by atoms with Crippen molar-refractivity contribution >= 4 is 0 Å². The molecule has 0 aliphatic carbocycles.